The molecule has 11 heteroatoms. The molecular weight excluding hydrogens is 418 g/mol. The lowest BCUT2D eigenvalue weighted by atomic mass is 10.2. The van der Waals surface area contributed by atoms with Crippen LogP contribution in [-0.2, 0) is 11.2 Å². The third kappa shape index (κ3) is 5.46. The quantitative estimate of drug-likeness (QED) is 0.715. The van der Waals surface area contributed by atoms with E-state index in [4.69, 9.17) is 46.4 Å². The lowest BCUT2D eigenvalue weighted by Gasteiger charge is -2.08. The summed E-state index contributed by atoms with van der Waals surface area (Å²) in [5.74, 6) is -1.10. The molecule has 6 nitrogen and oxygen atoms in total. The summed E-state index contributed by atoms with van der Waals surface area (Å²) in [6, 6.07) is 6.74. The zero-order valence-corrected chi connectivity index (χ0v) is 15.7. The van der Waals surface area contributed by atoms with Crippen molar-refractivity contribution in [2.75, 3.05) is 11.9 Å². The van der Waals surface area contributed by atoms with Crippen LogP contribution in [0.1, 0.15) is 15.4 Å². The number of amides is 2. The monoisotopic (exact) mass is 426 g/mol. The van der Waals surface area contributed by atoms with Crippen LogP contribution in [0.4, 0.5) is 5.13 Å². The van der Waals surface area contributed by atoms with Crippen LogP contribution < -0.4 is 10.6 Å². The topological polar surface area (TPSA) is 84.0 Å². The summed E-state index contributed by atoms with van der Waals surface area (Å²) in [6.07, 6.45) is 0.428. The van der Waals surface area contributed by atoms with Gasteiger partial charge in [0.1, 0.15) is 5.01 Å². The highest BCUT2D eigenvalue weighted by Crippen LogP contribution is 2.28. The van der Waals surface area contributed by atoms with Crippen molar-refractivity contribution in [3.05, 3.63) is 39.9 Å². The number of benzene rings is 1. The number of halogens is 4. The number of nitrogens with one attached hydrogen (secondary N) is 2. The molecule has 1 aromatic carbocycles. The van der Waals surface area contributed by atoms with E-state index in [0.717, 1.165) is 11.3 Å². The van der Waals surface area contributed by atoms with E-state index in [9.17, 15) is 9.59 Å². The van der Waals surface area contributed by atoms with Gasteiger partial charge in [0.05, 0.1) is 10.6 Å². The van der Waals surface area contributed by atoms with Crippen LogP contribution in [0.15, 0.2) is 24.3 Å². The Morgan fingerprint density at radius 3 is 2.54 bits per heavy atom. The Kier molecular flexibility index (Phi) is 6.65. The average molecular weight is 428 g/mol. The molecule has 24 heavy (non-hydrogen) atoms. The summed E-state index contributed by atoms with van der Waals surface area (Å²) in [5, 5.41) is 13.9. The minimum Gasteiger partial charge on any atom is -0.352 e. The van der Waals surface area contributed by atoms with E-state index in [2.05, 4.69) is 20.8 Å². The zero-order chi connectivity index (χ0) is 17.7. The van der Waals surface area contributed by atoms with Crippen LogP contribution >= 0.6 is 57.7 Å². The average Bonchev–Trinajstić information content (AvgIpc) is 2.94. The van der Waals surface area contributed by atoms with Crippen LogP contribution in [0.25, 0.3) is 0 Å². The third-order valence-electron chi connectivity index (χ3n) is 2.69. The van der Waals surface area contributed by atoms with Gasteiger partial charge in [-0.2, -0.15) is 0 Å². The lowest BCUT2D eigenvalue weighted by molar-refractivity contribution is -0.115. The van der Waals surface area contributed by atoms with E-state index < -0.39 is 9.70 Å². The fourth-order valence-corrected chi connectivity index (χ4v) is 2.69. The molecule has 0 atom stereocenters. The van der Waals surface area contributed by atoms with Gasteiger partial charge in [-0.3, -0.25) is 14.9 Å². The third-order valence-corrected chi connectivity index (χ3v) is 4.43. The molecule has 2 aromatic rings. The number of nitrogens with zero attached hydrogens (tertiary/aromatic N) is 2. The molecule has 0 aliphatic carbocycles. The molecule has 128 valence electrons. The second-order valence-electron chi connectivity index (χ2n) is 4.44. The van der Waals surface area contributed by atoms with Gasteiger partial charge in [0, 0.05) is 13.0 Å². The Hall–Kier alpha value is -1.12. The van der Waals surface area contributed by atoms with Crippen molar-refractivity contribution in [2.24, 2.45) is 0 Å². The van der Waals surface area contributed by atoms with E-state index in [1.54, 1.807) is 24.3 Å². The molecule has 0 aliphatic heterocycles. The highest BCUT2D eigenvalue weighted by atomic mass is 35.6. The molecule has 0 unspecified atom stereocenters. The number of carbonyl (C=O) groups is 2. The van der Waals surface area contributed by atoms with Crippen LogP contribution in [0.2, 0.25) is 5.02 Å². The van der Waals surface area contributed by atoms with Gasteiger partial charge in [-0.1, -0.05) is 69.9 Å². The van der Waals surface area contributed by atoms with Crippen LogP contribution in [-0.4, -0.2) is 32.3 Å². The molecule has 0 spiro atoms. The molecule has 2 N–H and O–H groups in total. The Morgan fingerprint density at radius 2 is 1.88 bits per heavy atom. The number of aromatic nitrogens is 2. The summed E-state index contributed by atoms with van der Waals surface area (Å²) in [7, 11) is 0. The Bertz CT molecular complexity index is 748. The predicted molar refractivity (Wildman–Crippen MR) is 96.3 cm³/mol. The van der Waals surface area contributed by atoms with E-state index in [1.165, 1.54) is 0 Å². The fraction of sp³-hybridized carbons (Fsp3) is 0.231. The van der Waals surface area contributed by atoms with Crippen LogP contribution in [0.3, 0.4) is 0 Å². The van der Waals surface area contributed by atoms with Gasteiger partial charge in [-0.05, 0) is 12.1 Å². The number of hydrogen-bond donors (Lipinski definition) is 2. The molecule has 2 amide bonds. The molecule has 0 saturated heterocycles. The Morgan fingerprint density at radius 1 is 1.17 bits per heavy atom. The van der Waals surface area contributed by atoms with E-state index in [-0.39, 0.29) is 11.0 Å². The van der Waals surface area contributed by atoms with E-state index in [0.29, 0.717) is 28.6 Å². The molecule has 0 bridgehead atoms. The second kappa shape index (κ2) is 8.31. The van der Waals surface area contributed by atoms with E-state index >= 15 is 0 Å². The molecule has 1 heterocycles. The van der Waals surface area contributed by atoms with Crippen molar-refractivity contribution < 1.29 is 9.59 Å². The Labute approximate surface area is 161 Å². The van der Waals surface area contributed by atoms with Crippen LogP contribution in [0.5, 0.6) is 0 Å². The molecule has 0 aliphatic rings. The molecule has 0 fully saturated rings. The van der Waals surface area contributed by atoms with Gasteiger partial charge >= 0.3 is 0 Å². The first-order valence-electron chi connectivity index (χ1n) is 6.50. The van der Waals surface area contributed by atoms with Gasteiger partial charge < -0.3 is 5.32 Å². The normalized spacial score (nSPS) is 11.2. The van der Waals surface area contributed by atoms with E-state index in [1.807, 2.05) is 0 Å². The highest BCUT2D eigenvalue weighted by molar-refractivity contribution is 7.15. The summed E-state index contributed by atoms with van der Waals surface area (Å²) in [5.41, 5.74) is 0.395. The largest absolute Gasteiger partial charge is 0.352 e. The maximum atomic E-state index is 12.0. The minimum absolute atomic E-state index is 0.207. The SMILES string of the molecule is O=C(NCCc1nnc(NC(=O)C(Cl)(Cl)Cl)s1)c1ccccc1Cl. The van der Waals surface area contributed by atoms with Crippen molar-refractivity contribution in [2.45, 2.75) is 10.2 Å². The molecular formula is C13H10Cl4N4O2S. The van der Waals surface area contributed by atoms with Gasteiger partial charge in [-0.25, -0.2) is 0 Å². The maximum absolute atomic E-state index is 12.0. The molecule has 2 rings (SSSR count). The number of hydrogen-bond acceptors (Lipinski definition) is 5. The minimum atomic E-state index is -2.07. The first-order chi connectivity index (χ1) is 11.3. The first kappa shape index (κ1) is 19.2. The lowest BCUT2D eigenvalue weighted by Crippen LogP contribution is -2.26. The highest BCUT2D eigenvalue weighted by Gasteiger charge is 2.31. The van der Waals surface area contributed by atoms with Crippen molar-refractivity contribution in [1.29, 1.82) is 0 Å². The predicted octanol–water partition coefficient (Wildman–Crippen LogP) is 3.47. The Balaban J connectivity index is 1.84. The summed E-state index contributed by atoms with van der Waals surface area (Å²) in [4.78, 5) is 23.5. The molecule has 0 saturated carbocycles. The standard InChI is InChI=1S/C13H10Cl4N4O2S/c14-8-4-2-1-3-7(8)10(22)18-6-5-9-20-21-12(24-9)19-11(23)13(15,16)17/h1-4H,5-6H2,(H,18,22)(H,19,21,23). The van der Waals surface area contributed by atoms with Gasteiger partial charge in [0.25, 0.3) is 15.6 Å². The van der Waals surface area contributed by atoms with Gasteiger partial charge in [0.15, 0.2) is 0 Å². The van der Waals surface area contributed by atoms with Crippen molar-refractivity contribution in [3.63, 3.8) is 0 Å². The summed E-state index contributed by atoms with van der Waals surface area (Å²) in [6.45, 7) is 0.330. The van der Waals surface area contributed by atoms with Crippen molar-refractivity contribution in [3.8, 4) is 0 Å². The van der Waals surface area contributed by atoms with Gasteiger partial charge in [0.2, 0.25) is 5.13 Å². The van der Waals surface area contributed by atoms with Gasteiger partial charge in [-0.15, -0.1) is 10.2 Å². The first-order valence-corrected chi connectivity index (χ1v) is 8.83. The number of carbonyl (C=O) groups excluding carboxylic acids is 2. The second-order valence-corrected chi connectivity index (χ2v) is 8.19. The van der Waals surface area contributed by atoms with Crippen molar-refractivity contribution >= 4 is 74.7 Å². The van der Waals surface area contributed by atoms with Crippen molar-refractivity contribution in [1.82, 2.24) is 15.5 Å². The number of anilines is 1. The maximum Gasteiger partial charge on any atom is 0.278 e. The molecule has 0 radical (unpaired) electrons. The number of rotatable bonds is 5. The summed E-state index contributed by atoms with van der Waals surface area (Å²) >= 11 is 23.4. The summed E-state index contributed by atoms with van der Waals surface area (Å²) < 4.78 is -2.07. The van der Waals surface area contributed by atoms with Crippen LogP contribution in [0, 0.1) is 0 Å². The molecule has 1 aromatic heterocycles. The fourth-order valence-electron chi connectivity index (χ4n) is 1.60. The number of alkyl halides is 3. The smallest absolute Gasteiger partial charge is 0.278 e. The zero-order valence-electron chi connectivity index (χ0n) is 11.9.